The summed E-state index contributed by atoms with van der Waals surface area (Å²) < 4.78 is 25.4. The van der Waals surface area contributed by atoms with Gasteiger partial charge in [-0.25, -0.2) is 13.9 Å². The molecule has 0 saturated heterocycles. The first kappa shape index (κ1) is 19.5. The van der Waals surface area contributed by atoms with Gasteiger partial charge in [-0.2, -0.15) is 0 Å². The van der Waals surface area contributed by atoms with E-state index in [1.807, 2.05) is 0 Å². The van der Waals surface area contributed by atoms with Crippen LogP contribution in [-0.4, -0.2) is 42.3 Å². The number of nitrogens with zero attached hydrogens (tertiary/aromatic N) is 3. The lowest BCUT2D eigenvalue weighted by Crippen LogP contribution is -2.18. The monoisotopic (exact) mass is 381 g/mol. The molecule has 0 bridgehead atoms. The van der Waals surface area contributed by atoms with Crippen LogP contribution < -0.4 is 4.74 Å². The summed E-state index contributed by atoms with van der Waals surface area (Å²) in [5.74, 6) is -0.837. The maximum Gasteiger partial charge on any atom is 0.360 e. The minimum Gasteiger partial charge on any atom is -0.472 e. The number of carbonyl (C=O) groups is 1. The number of aromatic nitrogens is 2. The molecule has 0 N–H and O–H groups in total. The standard InChI is InChI=1S/C17H17ClFN3O4/c1-11(16(21-25-3)17(23)24-2)7-9-26-15-6-8-22(20-15)14-5-4-12(18)10-13(14)19/h4-8,10H,9H2,1-3H3/b11-7-,21-16+. The largest absolute Gasteiger partial charge is 0.472 e. The SMILES string of the molecule is CO/N=C(C(=O)OC)\C(C)=C/COc1ccn(-c2ccc(Cl)cc2F)n1. The van der Waals surface area contributed by atoms with Crippen molar-refractivity contribution in [3.8, 4) is 11.6 Å². The van der Waals surface area contributed by atoms with Crippen LogP contribution in [0.15, 0.2) is 47.3 Å². The molecule has 0 unspecified atom stereocenters. The minimum atomic E-state index is -0.622. The number of rotatable bonds is 7. The van der Waals surface area contributed by atoms with Crippen LogP contribution in [0.5, 0.6) is 5.88 Å². The number of halogens is 2. The molecule has 0 aliphatic carbocycles. The van der Waals surface area contributed by atoms with Gasteiger partial charge in [-0.3, -0.25) is 0 Å². The van der Waals surface area contributed by atoms with Crippen molar-refractivity contribution < 1.29 is 23.5 Å². The number of hydrogen-bond donors (Lipinski definition) is 0. The second kappa shape index (κ2) is 9.00. The van der Waals surface area contributed by atoms with E-state index in [0.717, 1.165) is 0 Å². The highest BCUT2D eigenvalue weighted by molar-refractivity contribution is 6.42. The smallest absolute Gasteiger partial charge is 0.360 e. The molecule has 0 fully saturated rings. The van der Waals surface area contributed by atoms with Crippen molar-refractivity contribution in [1.82, 2.24) is 9.78 Å². The predicted molar refractivity (Wildman–Crippen MR) is 94.2 cm³/mol. The van der Waals surface area contributed by atoms with Crippen molar-refractivity contribution in [2.75, 3.05) is 20.8 Å². The topological polar surface area (TPSA) is 74.9 Å². The van der Waals surface area contributed by atoms with Gasteiger partial charge in [0, 0.05) is 17.3 Å². The molecule has 7 nitrogen and oxygen atoms in total. The van der Waals surface area contributed by atoms with Gasteiger partial charge in [-0.15, -0.1) is 5.10 Å². The van der Waals surface area contributed by atoms with Crippen molar-refractivity contribution in [2.24, 2.45) is 5.16 Å². The predicted octanol–water partition coefficient (Wildman–Crippen LogP) is 3.17. The van der Waals surface area contributed by atoms with Crippen LogP contribution in [0.25, 0.3) is 5.69 Å². The lowest BCUT2D eigenvalue weighted by Gasteiger charge is -2.05. The molecule has 0 aliphatic heterocycles. The number of benzene rings is 1. The van der Waals surface area contributed by atoms with Crippen molar-refractivity contribution >= 4 is 23.3 Å². The molecule has 0 atom stereocenters. The summed E-state index contributed by atoms with van der Waals surface area (Å²) in [5.41, 5.74) is 0.797. The fraction of sp³-hybridized carbons (Fsp3) is 0.235. The molecular weight excluding hydrogens is 365 g/mol. The van der Waals surface area contributed by atoms with Crippen LogP contribution in [0, 0.1) is 5.82 Å². The lowest BCUT2D eigenvalue weighted by atomic mass is 10.2. The average Bonchev–Trinajstić information content (AvgIpc) is 3.07. The first-order valence-corrected chi connectivity index (χ1v) is 7.84. The molecule has 1 aromatic heterocycles. The third-order valence-corrected chi connectivity index (χ3v) is 3.51. The van der Waals surface area contributed by atoms with Crippen LogP contribution in [0.1, 0.15) is 6.92 Å². The fourth-order valence-electron chi connectivity index (χ4n) is 1.99. The molecule has 26 heavy (non-hydrogen) atoms. The van der Waals surface area contributed by atoms with E-state index in [4.69, 9.17) is 16.3 Å². The Morgan fingerprint density at radius 3 is 2.81 bits per heavy atom. The number of oxime groups is 1. The zero-order valence-electron chi connectivity index (χ0n) is 14.4. The highest BCUT2D eigenvalue weighted by Gasteiger charge is 2.15. The molecule has 0 amide bonds. The van der Waals surface area contributed by atoms with E-state index in [0.29, 0.717) is 10.6 Å². The molecule has 0 aliphatic rings. The number of carbonyl (C=O) groups excluding carboxylic acids is 1. The quantitative estimate of drug-likeness (QED) is 0.418. The molecule has 2 rings (SSSR count). The summed E-state index contributed by atoms with van der Waals surface area (Å²) in [6.45, 7) is 1.78. The number of ether oxygens (including phenoxy) is 2. The normalized spacial score (nSPS) is 12.0. The average molecular weight is 382 g/mol. The van der Waals surface area contributed by atoms with Gasteiger partial charge < -0.3 is 14.3 Å². The van der Waals surface area contributed by atoms with Gasteiger partial charge in [0.25, 0.3) is 0 Å². The Hall–Kier alpha value is -2.87. The Morgan fingerprint density at radius 2 is 2.15 bits per heavy atom. The van der Waals surface area contributed by atoms with Gasteiger partial charge in [0.05, 0.1) is 7.11 Å². The molecule has 0 spiro atoms. The van der Waals surface area contributed by atoms with Crippen LogP contribution >= 0.6 is 11.6 Å². The molecule has 0 radical (unpaired) electrons. The van der Waals surface area contributed by atoms with Crippen molar-refractivity contribution in [3.63, 3.8) is 0 Å². The molecule has 1 heterocycles. The number of hydrogen-bond acceptors (Lipinski definition) is 6. The highest BCUT2D eigenvalue weighted by atomic mass is 35.5. The Bertz CT molecular complexity index is 848. The van der Waals surface area contributed by atoms with Crippen molar-refractivity contribution in [3.05, 3.63) is 53.0 Å². The zero-order valence-corrected chi connectivity index (χ0v) is 15.2. The molecular formula is C17H17ClFN3O4. The summed E-state index contributed by atoms with van der Waals surface area (Å²) in [7, 11) is 2.58. The summed E-state index contributed by atoms with van der Waals surface area (Å²) >= 11 is 5.74. The Labute approximate surface area is 154 Å². The molecule has 1 aromatic carbocycles. The van der Waals surface area contributed by atoms with E-state index in [9.17, 15) is 9.18 Å². The van der Waals surface area contributed by atoms with Gasteiger partial charge in [0.1, 0.15) is 25.2 Å². The van der Waals surface area contributed by atoms with Crippen LogP contribution in [0.4, 0.5) is 4.39 Å². The minimum absolute atomic E-state index is 0.0346. The highest BCUT2D eigenvalue weighted by Crippen LogP contribution is 2.19. The Balaban J connectivity index is 2.05. The Kier molecular flexibility index (Phi) is 6.74. The maximum atomic E-state index is 13.9. The summed E-state index contributed by atoms with van der Waals surface area (Å²) in [4.78, 5) is 16.2. The molecule has 138 valence electrons. The summed E-state index contributed by atoms with van der Waals surface area (Å²) in [6.07, 6.45) is 3.18. The second-order valence-electron chi connectivity index (χ2n) is 5.01. The van der Waals surface area contributed by atoms with Crippen molar-refractivity contribution in [1.29, 1.82) is 0 Å². The van der Waals surface area contributed by atoms with E-state index in [2.05, 4.69) is 19.8 Å². The first-order valence-electron chi connectivity index (χ1n) is 7.46. The molecule has 9 heteroatoms. The number of methoxy groups -OCH3 is 1. The van der Waals surface area contributed by atoms with Gasteiger partial charge in [0.15, 0.2) is 5.71 Å². The summed E-state index contributed by atoms with van der Waals surface area (Å²) in [6, 6.07) is 5.87. The lowest BCUT2D eigenvalue weighted by molar-refractivity contribution is -0.132. The summed E-state index contributed by atoms with van der Waals surface area (Å²) in [5, 5.41) is 8.06. The van der Waals surface area contributed by atoms with E-state index in [-0.39, 0.29) is 23.9 Å². The van der Waals surface area contributed by atoms with E-state index in [1.54, 1.807) is 31.3 Å². The second-order valence-corrected chi connectivity index (χ2v) is 5.44. The first-order chi connectivity index (χ1) is 12.5. The van der Waals surface area contributed by atoms with Gasteiger partial charge in [0.2, 0.25) is 5.88 Å². The van der Waals surface area contributed by atoms with Gasteiger partial charge >= 0.3 is 5.97 Å². The fourth-order valence-corrected chi connectivity index (χ4v) is 2.15. The third-order valence-electron chi connectivity index (χ3n) is 3.28. The maximum absolute atomic E-state index is 13.9. The zero-order chi connectivity index (χ0) is 19.1. The molecule has 0 saturated carbocycles. The Morgan fingerprint density at radius 1 is 1.38 bits per heavy atom. The van der Waals surface area contributed by atoms with E-state index in [1.165, 1.54) is 31.0 Å². The van der Waals surface area contributed by atoms with Crippen molar-refractivity contribution in [2.45, 2.75) is 6.92 Å². The van der Waals surface area contributed by atoms with E-state index < -0.39 is 11.8 Å². The van der Waals surface area contributed by atoms with Gasteiger partial charge in [-0.1, -0.05) is 16.8 Å². The van der Waals surface area contributed by atoms with Crippen LogP contribution in [0.2, 0.25) is 5.02 Å². The van der Waals surface area contributed by atoms with Gasteiger partial charge in [-0.05, 0) is 36.8 Å². The van der Waals surface area contributed by atoms with Crippen LogP contribution in [-0.2, 0) is 14.4 Å². The number of esters is 1. The van der Waals surface area contributed by atoms with Crippen LogP contribution in [0.3, 0.4) is 0 Å². The molecule has 2 aromatic rings. The third kappa shape index (κ3) is 4.82. The van der Waals surface area contributed by atoms with E-state index >= 15 is 0 Å².